The highest BCUT2D eigenvalue weighted by atomic mass is 16.2. The second-order valence-electron chi connectivity index (χ2n) is 2.99. The fourth-order valence-electron chi connectivity index (χ4n) is 0.983. The number of terminal acetylenes is 1. The van der Waals surface area contributed by atoms with Gasteiger partial charge in [0.2, 0.25) is 0 Å². The van der Waals surface area contributed by atoms with Crippen molar-refractivity contribution in [1.82, 2.24) is 15.5 Å². The molecule has 1 amide bonds. The first-order valence-electron chi connectivity index (χ1n) is 4.18. The molecule has 1 aromatic heterocycles. The molecule has 0 fully saturated rings. The predicted octanol–water partition coefficient (Wildman–Crippen LogP) is 0.133. The highest BCUT2D eigenvalue weighted by Crippen LogP contribution is 2.00. The summed E-state index contributed by atoms with van der Waals surface area (Å²) in [7, 11) is 0. The van der Waals surface area contributed by atoms with Crippen molar-refractivity contribution in [3.63, 3.8) is 0 Å². The molecule has 0 aliphatic rings. The van der Waals surface area contributed by atoms with Gasteiger partial charge in [-0.15, -0.1) is 12.3 Å². The van der Waals surface area contributed by atoms with E-state index in [1.54, 1.807) is 0 Å². The van der Waals surface area contributed by atoms with Gasteiger partial charge < -0.3 is 11.1 Å². The van der Waals surface area contributed by atoms with Crippen molar-refractivity contribution in [2.75, 3.05) is 5.73 Å². The second-order valence-corrected chi connectivity index (χ2v) is 2.99. The molecule has 74 valence electrons. The Labute approximate surface area is 82.1 Å². The van der Waals surface area contributed by atoms with Crippen molar-refractivity contribution in [1.29, 1.82) is 0 Å². The van der Waals surface area contributed by atoms with Crippen LogP contribution in [0.15, 0.2) is 6.07 Å². The zero-order chi connectivity index (χ0) is 10.6. The van der Waals surface area contributed by atoms with E-state index >= 15 is 0 Å². The van der Waals surface area contributed by atoms with Gasteiger partial charge in [0.1, 0.15) is 11.5 Å². The van der Waals surface area contributed by atoms with Crippen LogP contribution in [0.1, 0.15) is 23.8 Å². The number of anilines is 1. The smallest absolute Gasteiger partial charge is 0.269 e. The average molecular weight is 192 g/mol. The van der Waals surface area contributed by atoms with Gasteiger partial charge >= 0.3 is 0 Å². The molecule has 0 bridgehead atoms. The number of hydrogen-bond donors (Lipinski definition) is 3. The van der Waals surface area contributed by atoms with Crippen LogP contribution >= 0.6 is 0 Å². The van der Waals surface area contributed by atoms with E-state index < -0.39 is 0 Å². The third kappa shape index (κ3) is 2.52. The number of nitrogens with two attached hydrogens (primary N) is 1. The molecule has 0 saturated heterocycles. The molecular formula is C9H12N4O. The Hall–Kier alpha value is -1.96. The third-order valence-corrected chi connectivity index (χ3v) is 1.64. The average Bonchev–Trinajstić information content (AvgIpc) is 2.52. The van der Waals surface area contributed by atoms with E-state index in [4.69, 9.17) is 12.2 Å². The lowest BCUT2D eigenvalue weighted by atomic mass is 10.2. The first-order valence-corrected chi connectivity index (χ1v) is 4.18. The van der Waals surface area contributed by atoms with Gasteiger partial charge in [0, 0.05) is 18.5 Å². The predicted molar refractivity (Wildman–Crippen MR) is 53.4 cm³/mol. The number of nitrogens with one attached hydrogen (secondary N) is 2. The van der Waals surface area contributed by atoms with Crippen molar-refractivity contribution in [3.8, 4) is 12.3 Å². The van der Waals surface area contributed by atoms with Crippen LogP contribution in [0.2, 0.25) is 0 Å². The summed E-state index contributed by atoms with van der Waals surface area (Å²) in [6.07, 6.45) is 5.60. The highest BCUT2D eigenvalue weighted by Gasteiger charge is 2.10. The van der Waals surface area contributed by atoms with E-state index in [-0.39, 0.29) is 11.9 Å². The molecule has 1 aromatic rings. The standard InChI is InChI=1S/C9H12N4O/c1-3-4-6(2)11-9(14)7-5-8(10)13-12-7/h1,5-6H,4H2,2H3,(H,11,14)(H3,10,12,13). The summed E-state index contributed by atoms with van der Waals surface area (Å²) in [5.74, 6) is 2.50. The summed E-state index contributed by atoms with van der Waals surface area (Å²) in [5.41, 5.74) is 5.69. The SMILES string of the molecule is C#CCC(C)NC(=O)c1cc(N)n[nH]1. The first-order chi connectivity index (χ1) is 6.63. The Bertz CT molecular complexity index is 363. The van der Waals surface area contributed by atoms with Crippen molar-refractivity contribution < 1.29 is 4.79 Å². The van der Waals surface area contributed by atoms with Crippen molar-refractivity contribution in [2.45, 2.75) is 19.4 Å². The lowest BCUT2D eigenvalue weighted by Crippen LogP contribution is -2.32. The van der Waals surface area contributed by atoms with Crippen molar-refractivity contribution in [2.24, 2.45) is 0 Å². The monoisotopic (exact) mass is 192 g/mol. The van der Waals surface area contributed by atoms with E-state index in [0.29, 0.717) is 17.9 Å². The van der Waals surface area contributed by atoms with Gasteiger partial charge in [-0.25, -0.2) is 0 Å². The molecule has 1 rings (SSSR count). The maximum Gasteiger partial charge on any atom is 0.269 e. The number of amides is 1. The molecule has 1 atom stereocenters. The van der Waals surface area contributed by atoms with Crippen molar-refractivity contribution in [3.05, 3.63) is 11.8 Å². The Kier molecular flexibility index (Phi) is 3.13. The maximum atomic E-state index is 11.4. The second kappa shape index (κ2) is 4.33. The third-order valence-electron chi connectivity index (χ3n) is 1.64. The molecule has 0 aromatic carbocycles. The number of aromatic amines is 1. The zero-order valence-corrected chi connectivity index (χ0v) is 7.87. The maximum absolute atomic E-state index is 11.4. The number of rotatable bonds is 3. The Balaban J connectivity index is 2.55. The van der Waals surface area contributed by atoms with Crippen LogP contribution in [-0.4, -0.2) is 22.1 Å². The number of nitrogen functional groups attached to an aromatic ring is 1. The number of carbonyl (C=O) groups is 1. The van der Waals surface area contributed by atoms with Gasteiger partial charge in [-0.1, -0.05) is 0 Å². The number of H-pyrrole nitrogens is 1. The zero-order valence-electron chi connectivity index (χ0n) is 7.87. The number of hydrogen-bond acceptors (Lipinski definition) is 3. The van der Waals surface area contributed by atoms with E-state index in [0.717, 1.165) is 0 Å². The van der Waals surface area contributed by atoms with Gasteiger partial charge in [-0.3, -0.25) is 9.89 Å². The Morgan fingerprint density at radius 3 is 3.14 bits per heavy atom. The molecule has 4 N–H and O–H groups in total. The lowest BCUT2D eigenvalue weighted by Gasteiger charge is -2.08. The number of nitrogens with zero attached hydrogens (tertiary/aromatic N) is 1. The van der Waals surface area contributed by atoms with Crippen LogP contribution in [0.5, 0.6) is 0 Å². The Morgan fingerprint density at radius 1 is 1.93 bits per heavy atom. The lowest BCUT2D eigenvalue weighted by molar-refractivity contribution is 0.0936. The summed E-state index contributed by atoms with van der Waals surface area (Å²) in [4.78, 5) is 11.4. The molecule has 0 aliphatic carbocycles. The molecule has 5 nitrogen and oxygen atoms in total. The summed E-state index contributed by atoms with van der Waals surface area (Å²) in [6, 6.07) is 1.41. The van der Waals surface area contributed by atoms with Crippen LogP contribution < -0.4 is 11.1 Å². The van der Waals surface area contributed by atoms with Crippen LogP contribution in [0, 0.1) is 12.3 Å². The van der Waals surface area contributed by atoms with E-state index in [1.165, 1.54) is 6.07 Å². The van der Waals surface area contributed by atoms with Gasteiger partial charge in [-0.05, 0) is 6.92 Å². The summed E-state index contributed by atoms with van der Waals surface area (Å²) in [6.45, 7) is 1.83. The molecule has 0 radical (unpaired) electrons. The molecule has 0 saturated carbocycles. The van der Waals surface area contributed by atoms with Gasteiger partial charge in [-0.2, -0.15) is 5.10 Å². The van der Waals surface area contributed by atoms with Crippen LogP contribution in [0.4, 0.5) is 5.82 Å². The van der Waals surface area contributed by atoms with Crippen LogP contribution in [0.3, 0.4) is 0 Å². The molecule has 0 aliphatic heterocycles. The molecule has 0 spiro atoms. The summed E-state index contributed by atoms with van der Waals surface area (Å²) < 4.78 is 0. The van der Waals surface area contributed by atoms with Gasteiger partial charge in [0.25, 0.3) is 5.91 Å². The summed E-state index contributed by atoms with van der Waals surface area (Å²) in [5, 5.41) is 8.86. The molecule has 1 unspecified atom stereocenters. The molecule has 14 heavy (non-hydrogen) atoms. The minimum absolute atomic E-state index is 0.0583. The van der Waals surface area contributed by atoms with E-state index in [1.807, 2.05) is 6.92 Å². The number of aromatic nitrogens is 2. The fraction of sp³-hybridized carbons (Fsp3) is 0.333. The minimum atomic E-state index is -0.253. The summed E-state index contributed by atoms with van der Waals surface area (Å²) >= 11 is 0. The van der Waals surface area contributed by atoms with Gasteiger partial charge in [0.05, 0.1) is 0 Å². The molecular weight excluding hydrogens is 180 g/mol. The normalized spacial score (nSPS) is 11.7. The molecule has 1 heterocycles. The molecule has 5 heteroatoms. The first kappa shape index (κ1) is 10.1. The Morgan fingerprint density at radius 2 is 2.64 bits per heavy atom. The topological polar surface area (TPSA) is 83.8 Å². The fourth-order valence-corrected chi connectivity index (χ4v) is 0.983. The van der Waals surface area contributed by atoms with Crippen LogP contribution in [-0.2, 0) is 0 Å². The quantitative estimate of drug-likeness (QED) is 0.595. The van der Waals surface area contributed by atoms with E-state index in [2.05, 4.69) is 21.4 Å². The largest absolute Gasteiger partial charge is 0.382 e. The minimum Gasteiger partial charge on any atom is -0.382 e. The number of carbonyl (C=O) groups excluding carboxylic acids is 1. The van der Waals surface area contributed by atoms with Crippen LogP contribution in [0.25, 0.3) is 0 Å². The highest BCUT2D eigenvalue weighted by molar-refractivity contribution is 5.93. The van der Waals surface area contributed by atoms with Crippen molar-refractivity contribution >= 4 is 11.7 Å². The van der Waals surface area contributed by atoms with E-state index in [9.17, 15) is 4.79 Å². The van der Waals surface area contributed by atoms with Gasteiger partial charge in [0.15, 0.2) is 0 Å².